The molecule has 5 rings (SSSR count). The maximum absolute atomic E-state index is 14.9. The highest BCUT2D eigenvalue weighted by molar-refractivity contribution is 6.30. The van der Waals surface area contributed by atoms with Crippen molar-refractivity contribution in [2.75, 3.05) is 18.0 Å². The molecule has 1 fully saturated rings. The molecular formula is C24H21ClFN5O. The normalized spacial score (nSPS) is 16.1. The van der Waals surface area contributed by atoms with Gasteiger partial charge >= 0.3 is 0 Å². The topological polar surface area (TPSA) is 63.9 Å². The van der Waals surface area contributed by atoms with Gasteiger partial charge in [-0.25, -0.2) is 14.4 Å². The maximum atomic E-state index is 14.9. The molecule has 0 N–H and O–H groups in total. The highest BCUT2D eigenvalue weighted by atomic mass is 35.5. The van der Waals surface area contributed by atoms with Gasteiger partial charge in [-0.1, -0.05) is 17.7 Å². The van der Waals surface area contributed by atoms with Crippen molar-refractivity contribution in [3.05, 3.63) is 81.4 Å². The number of aromatic nitrogens is 4. The molecule has 3 aromatic heterocycles. The second-order valence-electron chi connectivity index (χ2n) is 8.06. The quantitative estimate of drug-likeness (QED) is 0.461. The number of benzene rings is 1. The fraction of sp³-hybridized carbons (Fsp3) is 0.250. The molecule has 1 atom stereocenters. The Balaban J connectivity index is 1.67. The third-order valence-electron chi connectivity index (χ3n) is 6.08. The van der Waals surface area contributed by atoms with Crippen molar-refractivity contribution in [1.82, 2.24) is 19.5 Å². The van der Waals surface area contributed by atoms with Crippen molar-refractivity contribution in [2.45, 2.75) is 19.3 Å². The summed E-state index contributed by atoms with van der Waals surface area (Å²) < 4.78 is 16.3. The first-order valence-corrected chi connectivity index (χ1v) is 10.8. The van der Waals surface area contributed by atoms with Gasteiger partial charge in [0, 0.05) is 54.6 Å². The van der Waals surface area contributed by atoms with Crippen LogP contribution in [-0.2, 0) is 7.05 Å². The summed E-state index contributed by atoms with van der Waals surface area (Å²) in [4.78, 5) is 29.1. The molecule has 1 aromatic carbocycles. The van der Waals surface area contributed by atoms with Gasteiger partial charge in [-0.2, -0.15) is 0 Å². The number of rotatable bonds is 3. The highest BCUT2D eigenvalue weighted by Crippen LogP contribution is 2.34. The summed E-state index contributed by atoms with van der Waals surface area (Å²) in [6.45, 7) is 3.30. The SMILES string of the molecule is Cc1nc2cc(N3CCC(c4ccccn4)C3)nc(-c3ccc(Cl)cc3F)c2c(=O)n1C. The van der Waals surface area contributed by atoms with Gasteiger partial charge in [0.25, 0.3) is 5.56 Å². The maximum Gasteiger partial charge on any atom is 0.263 e. The highest BCUT2D eigenvalue weighted by Gasteiger charge is 2.27. The summed E-state index contributed by atoms with van der Waals surface area (Å²) in [5.74, 6) is 0.997. The molecule has 1 aliphatic heterocycles. The lowest BCUT2D eigenvalue weighted by Gasteiger charge is -2.20. The van der Waals surface area contributed by atoms with Crippen LogP contribution in [0.15, 0.2) is 53.5 Å². The zero-order valence-corrected chi connectivity index (χ0v) is 18.5. The minimum atomic E-state index is -0.529. The van der Waals surface area contributed by atoms with Crippen LogP contribution in [0.3, 0.4) is 0 Å². The predicted molar refractivity (Wildman–Crippen MR) is 124 cm³/mol. The number of halogens is 2. The molecule has 162 valence electrons. The van der Waals surface area contributed by atoms with E-state index in [4.69, 9.17) is 16.6 Å². The van der Waals surface area contributed by atoms with E-state index >= 15 is 0 Å². The first-order chi connectivity index (χ1) is 15.4. The van der Waals surface area contributed by atoms with E-state index in [9.17, 15) is 9.18 Å². The molecule has 0 bridgehead atoms. The molecule has 6 nitrogen and oxygen atoms in total. The second kappa shape index (κ2) is 7.98. The number of aryl methyl sites for hydroxylation is 1. The van der Waals surface area contributed by atoms with Crippen molar-refractivity contribution in [3.63, 3.8) is 0 Å². The molecule has 0 aliphatic carbocycles. The van der Waals surface area contributed by atoms with Crippen LogP contribution in [0.4, 0.5) is 10.2 Å². The van der Waals surface area contributed by atoms with Crippen molar-refractivity contribution in [1.29, 1.82) is 0 Å². The van der Waals surface area contributed by atoms with E-state index in [2.05, 4.69) is 14.9 Å². The number of hydrogen-bond donors (Lipinski definition) is 0. The monoisotopic (exact) mass is 449 g/mol. The van der Waals surface area contributed by atoms with Crippen LogP contribution in [0.25, 0.3) is 22.2 Å². The smallest absolute Gasteiger partial charge is 0.263 e. The van der Waals surface area contributed by atoms with Gasteiger partial charge in [0.05, 0.1) is 16.6 Å². The Morgan fingerprint density at radius 1 is 1.16 bits per heavy atom. The summed E-state index contributed by atoms with van der Waals surface area (Å²) in [7, 11) is 1.65. The van der Waals surface area contributed by atoms with Crippen LogP contribution in [-0.4, -0.2) is 32.6 Å². The third-order valence-corrected chi connectivity index (χ3v) is 6.31. The van der Waals surface area contributed by atoms with E-state index in [0.29, 0.717) is 22.5 Å². The Labute approximate surface area is 189 Å². The number of nitrogens with zero attached hydrogens (tertiary/aromatic N) is 5. The Hall–Kier alpha value is -3.32. The van der Waals surface area contributed by atoms with Crippen LogP contribution in [0.2, 0.25) is 5.02 Å². The molecule has 0 saturated carbocycles. The first-order valence-electron chi connectivity index (χ1n) is 10.4. The van der Waals surface area contributed by atoms with Crippen LogP contribution in [0.1, 0.15) is 23.9 Å². The zero-order chi connectivity index (χ0) is 22.4. The molecule has 1 unspecified atom stereocenters. The van der Waals surface area contributed by atoms with Crippen LogP contribution in [0.5, 0.6) is 0 Å². The molecule has 1 saturated heterocycles. The van der Waals surface area contributed by atoms with Gasteiger partial charge in [0.2, 0.25) is 0 Å². The summed E-state index contributed by atoms with van der Waals surface area (Å²) >= 11 is 5.96. The number of pyridine rings is 2. The molecule has 0 amide bonds. The van der Waals surface area contributed by atoms with Crippen LogP contribution >= 0.6 is 11.6 Å². The zero-order valence-electron chi connectivity index (χ0n) is 17.7. The van der Waals surface area contributed by atoms with Crippen molar-refractivity contribution >= 4 is 28.3 Å². The number of fused-ring (bicyclic) bond motifs is 1. The molecular weight excluding hydrogens is 429 g/mol. The van der Waals surface area contributed by atoms with E-state index in [0.717, 1.165) is 25.2 Å². The van der Waals surface area contributed by atoms with Gasteiger partial charge in [0.15, 0.2) is 0 Å². The Morgan fingerprint density at radius 2 is 2.00 bits per heavy atom. The number of hydrogen-bond acceptors (Lipinski definition) is 5. The molecule has 0 spiro atoms. The predicted octanol–water partition coefficient (Wildman–Crippen LogP) is 4.49. The number of anilines is 1. The minimum Gasteiger partial charge on any atom is -0.356 e. The molecule has 0 radical (unpaired) electrons. The molecule has 4 aromatic rings. The average Bonchev–Trinajstić information content (AvgIpc) is 3.28. The lowest BCUT2D eigenvalue weighted by molar-refractivity contribution is 0.631. The van der Waals surface area contributed by atoms with Crippen molar-refractivity contribution in [2.24, 2.45) is 7.05 Å². The molecule has 8 heteroatoms. The van der Waals surface area contributed by atoms with Gasteiger partial charge in [-0.05, 0) is 43.7 Å². The Kier molecular flexibility index (Phi) is 5.13. The largest absolute Gasteiger partial charge is 0.356 e. The van der Waals surface area contributed by atoms with Crippen molar-refractivity contribution in [3.8, 4) is 11.3 Å². The second-order valence-corrected chi connectivity index (χ2v) is 8.49. The van der Waals surface area contributed by atoms with Gasteiger partial charge in [0.1, 0.15) is 17.5 Å². The van der Waals surface area contributed by atoms with E-state index in [1.165, 1.54) is 10.6 Å². The van der Waals surface area contributed by atoms with E-state index in [1.807, 2.05) is 24.3 Å². The van der Waals surface area contributed by atoms with Gasteiger partial charge in [-0.15, -0.1) is 0 Å². The molecule has 32 heavy (non-hydrogen) atoms. The summed E-state index contributed by atoms with van der Waals surface area (Å²) in [6, 6.07) is 12.1. The van der Waals surface area contributed by atoms with Crippen molar-refractivity contribution < 1.29 is 4.39 Å². The minimum absolute atomic E-state index is 0.226. The van der Waals surface area contributed by atoms with Gasteiger partial charge < -0.3 is 4.90 Å². The Morgan fingerprint density at radius 3 is 2.75 bits per heavy atom. The molecule has 4 heterocycles. The van der Waals surface area contributed by atoms with Gasteiger partial charge in [-0.3, -0.25) is 14.3 Å². The summed E-state index contributed by atoms with van der Waals surface area (Å²) in [5, 5.41) is 0.579. The standard InChI is InChI=1S/C24H21ClFN5O/c1-14-28-20-12-21(31-10-8-15(13-31)19-5-3-4-9-27-19)29-23(22(20)24(32)30(14)2)17-7-6-16(25)11-18(17)26/h3-7,9,11-12,15H,8,10,13H2,1-2H3. The lowest BCUT2D eigenvalue weighted by atomic mass is 10.0. The van der Waals surface area contributed by atoms with E-state index in [-0.39, 0.29) is 27.8 Å². The Bertz CT molecular complexity index is 1390. The van der Waals surface area contributed by atoms with E-state index in [1.54, 1.807) is 32.3 Å². The fourth-order valence-electron chi connectivity index (χ4n) is 4.25. The third kappa shape index (κ3) is 3.52. The van der Waals surface area contributed by atoms with Crippen LogP contribution < -0.4 is 10.5 Å². The first kappa shape index (κ1) is 20.6. The van der Waals surface area contributed by atoms with E-state index < -0.39 is 5.82 Å². The summed E-state index contributed by atoms with van der Waals surface area (Å²) in [5.41, 5.74) is 1.79. The molecule has 1 aliphatic rings. The summed E-state index contributed by atoms with van der Waals surface area (Å²) in [6.07, 6.45) is 2.74. The average molecular weight is 450 g/mol. The fourth-order valence-corrected chi connectivity index (χ4v) is 4.41. The lowest BCUT2D eigenvalue weighted by Crippen LogP contribution is -2.24. The van der Waals surface area contributed by atoms with Crippen LogP contribution in [0, 0.1) is 12.7 Å².